The summed E-state index contributed by atoms with van der Waals surface area (Å²) in [5.41, 5.74) is -2.24. The minimum atomic E-state index is -2.24. The van der Waals surface area contributed by atoms with Crippen LogP contribution in [0.4, 0.5) is 0 Å². The summed E-state index contributed by atoms with van der Waals surface area (Å²) in [5.74, 6) is -2.85. The largest absolute Gasteiger partial charge is 0.481 e. The lowest BCUT2D eigenvalue weighted by Gasteiger charge is -2.10. The van der Waals surface area contributed by atoms with E-state index in [-0.39, 0.29) is 0 Å². The van der Waals surface area contributed by atoms with Gasteiger partial charge in [0.15, 0.2) is 0 Å². The number of nitrogens with zero attached hydrogens (tertiary/aromatic N) is 2. The van der Waals surface area contributed by atoms with Crippen LogP contribution in [0.2, 0.25) is 0 Å². The standard InChI is InChI=1S/C7H6N2O4/c8-3-7(4-9,6(12)13)2-1-5(10)11/h1-2H2,(H,10,11)(H,12,13). The predicted molar refractivity (Wildman–Crippen MR) is 38.2 cm³/mol. The van der Waals surface area contributed by atoms with Crippen LogP contribution in [0.15, 0.2) is 0 Å². The van der Waals surface area contributed by atoms with Crippen molar-refractivity contribution in [1.82, 2.24) is 0 Å². The second kappa shape index (κ2) is 4.07. The second-order valence-corrected chi connectivity index (χ2v) is 2.33. The zero-order chi connectivity index (χ0) is 10.5. The Morgan fingerprint density at radius 2 is 1.69 bits per heavy atom. The number of hydrogen-bond donors (Lipinski definition) is 2. The Kier molecular flexibility index (Phi) is 3.42. The summed E-state index contributed by atoms with van der Waals surface area (Å²) >= 11 is 0. The lowest BCUT2D eigenvalue weighted by atomic mass is 9.87. The van der Waals surface area contributed by atoms with Crippen molar-refractivity contribution in [1.29, 1.82) is 10.5 Å². The van der Waals surface area contributed by atoms with Crippen LogP contribution in [0.1, 0.15) is 12.8 Å². The molecule has 0 aromatic carbocycles. The number of hydrogen-bond acceptors (Lipinski definition) is 4. The van der Waals surface area contributed by atoms with E-state index in [2.05, 4.69) is 0 Å². The highest BCUT2D eigenvalue weighted by molar-refractivity contribution is 5.82. The number of aliphatic carboxylic acids is 2. The summed E-state index contributed by atoms with van der Waals surface area (Å²) in [4.78, 5) is 20.5. The molecule has 0 aromatic rings. The SMILES string of the molecule is N#CC(C#N)(CCC(=O)O)C(=O)O. The quantitative estimate of drug-likeness (QED) is 0.629. The fourth-order valence-corrected chi connectivity index (χ4v) is 0.634. The average molecular weight is 182 g/mol. The highest BCUT2D eigenvalue weighted by atomic mass is 16.4. The van der Waals surface area contributed by atoms with E-state index < -0.39 is 30.2 Å². The third-order valence-electron chi connectivity index (χ3n) is 1.46. The summed E-state index contributed by atoms with van der Waals surface area (Å²) in [5, 5.41) is 33.6. The van der Waals surface area contributed by atoms with Gasteiger partial charge in [0.2, 0.25) is 5.41 Å². The zero-order valence-corrected chi connectivity index (χ0v) is 6.52. The second-order valence-electron chi connectivity index (χ2n) is 2.33. The minimum Gasteiger partial charge on any atom is -0.481 e. The van der Waals surface area contributed by atoms with Gasteiger partial charge in [0.05, 0.1) is 12.1 Å². The molecule has 0 aliphatic heterocycles. The molecule has 68 valence electrons. The van der Waals surface area contributed by atoms with Crippen LogP contribution in [0.5, 0.6) is 0 Å². The maximum atomic E-state index is 10.5. The lowest BCUT2D eigenvalue weighted by molar-refractivity contribution is -0.144. The Labute approximate surface area is 73.6 Å². The molecule has 2 N–H and O–H groups in total. The van der Waals surface area contributed by atoms with Gasteiger partial charge < -0.3 is 10.2 Å². The minimum absolute atomic E-state index is 0.509. The van der Waals surface area contributed by atoms with E-state index in [1.807, 2.05) is 0 Å². The summed E-state index contributed by atoms with van der Waals surface area (Å²) in [6, 6.07) is 2.59. The van der Waals surface area contributed by atoms with Crippen molar-refractivity contribution in [2.75, 3.05) is 0 Å². The maximum absolute atomic E-state index is 10.5. The topological polar surface area (TPSA) is 122 Å². The Morgan fingerprint density at radius 3 is 1.92 bits per heavy atom. The molecule has 0 saturated heterocycles. The van der Waals surface area contributed by atoms with Crippen molar-refractivity contribution in [3.05, 3.63) is 0 Å². The van der Waals surface area contributed by atoms with Crippen molar-refractivity contribution in [2.45, 2.75) is 12.8 Å². The first-order valence-electron chi connectivity index (χ1n) is 3.26. The van der Waals surface area contributed by atoms with Crippen LogP contribution < -0.4 is 0 Å². The van der Waals surface area contributed by atoms with Gasteiger partial charge >= 0.3 is 11.9 Å². The normalized spacial score (nSPS) is 9.69. The zero-order valence-electron chi connectivity index (χ0n) is 6.52. The molecule has 0 aromatic heterocycles. The highest BCUT2D eigenvalue weighted by Gasteiger charge is 2.39. The molecule has 0 fully saturated rings. The summed E-state index contributed by atoms with van der Waals surface area (Å²) in [7, 11) is 0. The van der Waals surface area contributed by atoms with E-state index >= 15 is 0 Å². The van der Waals surface area contributed by atoms with Crippen LogP contribution >= 0.6 is 0 Å². The van der Waals surface area contributed by atoms with Crippen molar-refractivity contribution in [3.63, 3.8) is 0 Å². The predicted octanol–water partition coefficient (Wildman–Crippen LogP) is -0.0306. The number of nitriles is 2. The molecule has 0 aliphatic carbocycles. The molecular formula is C7H6N2O4. The van der Waals surface area contributed by atoms with Crippen LogP contribution in [0.25, 0.3) is 0 Å². The van der Waals surface area contributed by atoms with Gasteiger partial charge in [-0.1, -0.05) is 0 Å². The Morgan fingerprint density at radius 1 is 1.23 bits per heavy atom. The van der Waals surface area contributed by atoms with E-state index in [4.69, 9.17) is 20.7 Å². The van der Waals surface area contributed by atoms with Crippen LogP contribution in [0, 0.1) is 28.1 Å². The molecule has 0 unspecified atom stereocenters. The molecule has 13 heavy (non-hydrogen) atoms. The molecule has 0 atom stereocenters. The molecule has 0 heterocycles. The van der Waals surface area contributed by atoms with Gasteiger partial charge in [0.25, 0.3) is 0 Å². The van der Waals surface area contributed by atoms with Crippen molar-refractivity contribution in [3.8, 4) is 12.1 Å². The Bertz CT molecular complexity index is 295. The smallest absolute Gasteiger partial charge is 0.338 e. The Balaban J connectivity index is 4.65. The van der Waals surface area contributed by atoms with Crippen LogP contribution in [-0.4, -0.2) is 22.2 Å². The molecule has 0 radical (unpaired) electrons. The first-order valence-corrected chi connectivity index (χ1v) is 3.26. The first-order chi connectivity index (χ1) is 5.98. The van der Waals surface area contributed by atoms with Gasteiger partial charge in [-0.2, -0.15) is 10.5 Å². The van der Waals surface area contributed by atoms with Crippen molar-refractivity contribution < 1.29 is 19.8 Å². The highest BCUT2D eigenvalue weighted by Crippen LogP contribution is 2.22. The molecule has 0 aliphatic rings. The Hall–Kier alpha value is -2.08. The summed E-state index contributed by atoms with van der Waals surface area (Å²) in [6.45, 7) is 0. The third-order valence-corrected chi connectivity index (χ3v) is 1.46. The summed E-state index contributed by atoms with van der Waals surface area (Å²) < 4.78 is 0. The molecule has 6 heteroatoms. The number of rotatable bonds is 4. The van der Waals surface area contributed by atoms with E-state index in [0.717, 1.165) is 0 Å². The summed E-state index contributed by atoms with van der Waals surface area (Å²) in [6.07, 6.45) is -1.03. The van der Waals surface area contributed by atoms with E-state index in [1.54, 1.807) is 0 Å². The third kappa shape index (κ3) is 2.46. The lowest BCUT2D eigenvalue weighted by Crippen LogP contribution is -2.28. The van der Waals surface area contributed by atoms with Gasteiger partial charge in [-0.15, -0.1) is 0 Å². The van der Waals surface area contributed by atoms with Gasteiger partial charge in [0.1, 0.15) is 0 Å². The number of carbonyl (C=O) groups is 2. The monoisotopic (exact) mass is 182 g/mol. The first kappa shape index (κ1) is 10.9. The van der Waals surface area contributed by atoms with E-state index in [9.17, 15) is 9.59 Å². The van der Waals surface area contributed by atoms with E-state index in [1.165, 1.54) is 12.1 Å². The molecule has 0 saturated carbocycles. The fourth-order valence-electron chi connectivity index (χ4n) is 0.634. The molecule has 0 rings (SSSR count). The van der Waals surface area contributed by atoms with Gasteiger partial charge in [-0.05, 0) is 0 Å². The van der Waals surface area contributed by atoms with Crippen LogP contribution in [0.3, 0.4) is 0 Å². The fraction of sp³-hybridized carbons (Fsp3) is 0.429. The number of carboxylic acids is 2. The van der Waals surface area contributed by atoms with E-state index in [0.29, 0.717) is 0 Å². The molecule has 0 bridgehead atoms. The van der Waals surface area contributed by atoms with Gasteiger partial charge in [-0.25, -0.2) is 4.79 Å². The molecule has 0 amide bonds. The van der Waals surface area contributed by atoms with Gasteiger partial charge in [-0.3, -0.25) is 4.79 Å². The van der Waals surface area contributed by atoms with Crippen molar-refractivity contribution >= 4 is 11.9 Å². The van der Waals surface area contributed by atoms with Gasteiger partial charge in [0, 0.05) is 12.8 Å². The molecule has 0 spiro atoms. The molecule has 6 nitrogen and oxygen atoms in total. The average Bonchev–Trinajstić information content (AvgIpc) is 2.06. The van der Waals surface area contributed by atoms with Crippen molar-refractivity contribution in [2.24, 2.45) is 5.41 Å². The maximum Gasteiger partial charge on any atom is 0.338 e. The molecular weight excluding hydrogens is 176 g/mol. The number of carboxylic acid groups (broad SMARTS) is 2. The van der Waals surface area contributed by atoms with Crippen LogP contribution in [-0.2, 0) is 9.59 Å².